The highest BCUT2D eigenvalue weighted by atomic mass is 16.1. The van der Waals surface area contributed by atoms with Gasteiger partial charge < -0.3 is 9.36 Å². The molecule has 3 rings (SSSR count). The first-order chi connectivity index (χ1) is 9.58. The second kappa shape index (κ2) is 5.06. The highest BCUT2D eigenvalue weighted by Crippen LogP contribution is 2.30. The van der Waals surface area contributed by atoms with Crippen LogP contribution in [0, 0.1) is 0 Å². The summed E-state index contributed by atoms with van der Waals surface area (Å²) in [6.45, 7) is 7.10. The van der Waals surface area contributed by atoms with E-state index in [9.17, 15) is 4.79 Å². The fourth-order valence-electron chi connectivity index (χ4n) is 3.16. The van der Waals surface area contributed by atoms with Gasteiger partial charge in [-0.05, 0) is 48.7 Å². The van der Waals surface area contributed by atoms with Gasteiger partial charge in [-0.3, -0.25) is 4.90 Å². The summed E-state index contributed by atoms with van der Waals surface area (Å²) in [4.78, 5) is 13.7. The first-order valence-electron chi connectivity index (χ1n) is 7.40. The second-order valence-corrected chi connectivity index (χ2v) is 5.91. The fraction of sp³-hybridized carbons (Fsp3) is 0.471. The van der Waals surface area contributed by atoms with Crippen LogP contribution in [-0.2, 0) is 31.4 Å². The molecule has 2 aromatic rings. The molecule has 0 fully saturated rings. The number of rotatable bonds is 4. The van der Waals surface area contributed by atoms with Gasteiger partial charge in [-0.2, -0.15) is 0 Å². The molecule has 3 nitrogen and oxygen atoms in total. The van der Waals surface area contributed by atoms with Gasteiger partial charge in [0.25, 0.3) is 0 Å². The number of Topliss-reactive ketones (excluding diaryl/α,β-unsaturated/α-hetero) is 1. The molecule has 1 aromatic heterocycles. The fourth-order valence-corrected chi connectivity index (χ4v) is 3.16. The van der Waals surface area contributed by atoms with Crippen molar-refractivity contribution in [3.8, 4) is 0 Å². The number of hydrogen-bond donors (Lipinski definition) is 0. The third-order valence-electron chi connectivity index (χ3n) is 4.37. The zero-order valence-corrected chi connectivity index (χ0v) is 12.6. The van der Waals surface area contributed by atoms with Crippen LogP contribution in [0.25, 0.3) is 10.9 Å². The summed E-state index contributed by atoms with van der Waals surface area (Å²) in [7, 11) is 2.10. The Balaban J connectivity index is 2.01. The SMILES string of the molecule is CCN1Cc2cc3c(CCC(C)=O)cn(C)c3cc2C1. The van der Waals surface area contributed by atoms with Crippen LogP contribution >= 0.6 is 0 Å². The molecular formula is C17H22N2O. The lowest BCUT2D eigenvalue weighted by Gasteiger charge is -2.09. The lowest BCUT2D eigenvalue weighted by Crippen LogP contribution is -2.14. The molecule has 20 heavy (non-hydrogen) atoms. The van der Waals surface area contributed by atoms with Gasteiger partial charge in [0, 0.05) is 43.7 Å². The quantitative estimate of drug-likeness (QED) is 0.853. The summed E-state index contributed by atoms with van der Waals surface area (Å²) in [6, 6.07) is 4.67. The van der Waals surface area contributed by atoms with Crippen molar-refractivity contribution in [2.24, 2.45) is 7.05 Å². The molecule has 106 valence electrons. The molecule has 0 spiro atoms. The van der Waals surface area contributed by atoms with Gasteiger partial charge in [0.2, 0.25) is 0 Å². The molecule has 0 saturated heterocycles. The van der Waals surface area contributed by atoms with Crippen LogP contribution in [0.4, 0.5) is 0 Å². The maximum Gasteiger partial charge on any atom is 0.130 e. The number of carbonyl (C=O) groups is 1. The summed E-state index contributed by atoms with van der Waals surface area (Å²) >= 11 is 0. The van der Waals surface area contributed by atoms with E-state index in [1.807, 2.05) is 0 Å². The predicted molar refractivity (Wildman–Crippen MR) is 81.7 cm³/mol. The van der Waals surface area contributed by atoms with Gasteiger partial charge in [-0.1, -0.05) is 6.92 Å². The smallest absolute Gasteiger partial charge is 0.130 e. The van der Waals surface area contributed by atoms with Crippen molar-refractivity contribution < 1.29 is 4.79 Å². The number of ketones is 1. The number of fused-ring (bicyclic) bond motifs is 2. The van der Waals surface area contributed by atoms with Crippen molar-refractivity contribution in [2.75, 3.05) is 6.54 Å². The highest BCUT2D eigenvalue weighted by Gasteiger charge is 2.20. The van der Waals surface area contributed by atoms with Crippen LogP contribution < -0.4 is 0 Å². The summed E-state index contributed by atoms with van der Waals surface area (Å²) in [6.07, 6.45) is 3.67. The molecule has 0 aliphatic carbocycles. The van der Waals surface area contributed by atoms with Gasteiger partial charge in [0.05, 0.1) is 0 Å². The predicted octanol–water partition coefficient (Wildman–Crippen LogP) is 3.04. The van der Waals surface area contributed by atoms with Crippen LogP contribution in [0.3, 0.4) is 0 Å². The van der Waals surface area contributed by atoms with E-state index in [1.54, 1.807) is 6.92 Å². The standard InChI is InChI=1S/C17H22N2O/c1-4-19-10-14-7-16-13(6-5-12(2)20)9-18(3)17(16)8-15(14)11-19/h7-9H,4-6,10-11H2,1-3H3. The molecule has 0 atom stereocenters. The van der Waals surface area contributed by atoms with Crippen LogP contribution in [0.1, 0.15) is 37.0 Å². The summed E-state index contributed by atoms with van der Waals surface area (Å²) in [5, 5.41) is 1.32. The van der Waals surface area contributed by atoms with Crippen LogP contribution in [0.15, 0.2) is 18.3 Å². The molecule has 1 aromatic carbocycles. The molecule has 0 bridgehead atoms. The van der Waals surface area contributed by atoms with E-state index in [0.29, 0.717) is 6.42 Å². The highest BCUT2D eigenvalue weighted by molar-refractivity contribution is 5.86. The molecule has 0 saturated carbocycles. The minimum atomic E-state index is 0.264. The van der Waals surface area contributed by atoms with Gasteiger partial charge >= 0.3 is 0 Å². The Morgan fingerprint density at radius 3 is 2.60 bits per heavy atom. The van der Waals surface area contributed by atoms with E-state index < -0.39 is 0 Å². The maximum atomic E-state index is 11.2. The molecule has 2 heterocycles. The van der Waals surface area contributed by atoms with Crippen LogP contribution in [-0.4, -0.2) is 21.8 Å². The van der Waals surface area contributed by atoms with Gasteiger partial charge in [-0.15, -0.1) is 0 Å². The average molecular weight is 270 g/mol. The summed E-state index contributed by atoms with van der Waals surface area (Å²) in [5.74, 6) is 0.264. The normalized spacial score (nSPS) is 14.9. The molecule has 1 aliphatic rings. The molecule has 0 amide bonds. The number of hydrogen-bond acceptors (Lipinski definition) is 2. The van der Waals surface area contributed by atoms with Crippen LogP contribution in [0.5, 0.6) is 0 Å². The zero-order valence-electron chi connectivity index (χ0n) is 12.6. The molecule has 1 aliphatic heterocycles. The van der Waals surface area contributed by atoms with Crippen molar-refractivity contribution >= 4 is 16.7 Å². The number of aromatic nitrogens is 1. The van der Waals surface area contributed by atoms with Crippen molar-refractivity contribution in [1.29, 1.82) is 0 Å². The number of carbonyl (C=O) groups excluding carboxylic acids is 1. The molecule has 0 unspecified atom stereocenters. The lowest BCUT2D eigenvalue weighted by molar-refractivity contribution is -0.116. The number of nitrogens with zero attached hydrogens (tertiary/aromatic N) is 2. The van der Waals surface area contributed by atoms with E-state index in [1.165, 1.54) is 27.6 Å². The average Bonchev–Trinajstić information content (AvgIpc) is 2.95. The third kappa shape index (κ3) is 2.27. The first kappa shape index (κ1) is 13.4. The molecule has 3 heteroatoms. The van der Waals surface area contributed by atoms with E-state index in [4.69, 9.17) is 0 Å². The number of benzene rings is 1. The Morgan fingerprint density at radius 2 is 1.95 bits per heavy atom. The third-order valence-corrected chi connectivity index (χ3v) is 4.37. The summed E-state index contributed by atoms with van der Waals surface area (Å²) < 4.78 is 2.19. The van der Waals surface area contributed by atoms with Crippen molar-refractivity contribution in [2.45, 2.75) is 39.8 Å². The van der Waals surface area contributed by atoms with E-state index in [-0.39, 0.29) is 5.78 Å². The monoisotopic (exact) mass is 270 g/mol. The van der Waals surface area contributed by atoms with Gasteiger partial charge in [0.1, 0.15) is 5.78 Å². The van der Waals surface area contributed by atoms with Crippen molar-refractivity contribution in [3.05, 3.63) is 35.0 Å². The van der Waals surface area contributed by atoms with Crippen molar-refractivity contribution in [3.63, 3.8) is 0 Å². The van der Waals surface area contributed by atoms with E-state index >= 15 is 0 Å². The van der Waals surface area contributed by atoms with E-state index in [2.05, 4.69) is 41.8 Å². The zero-order chi connectivity index (χ0) is 14.3. The minimum Gasteiger partial charge on any atom is -0.350 e. The lowest BCUT2D eigenvalue weighted by atomic mass is 10.0. The Bertz CT molecular complexity index is 669. The minimum absolute atomic E-state index is 0.264. The Hall–Kier alpha value is -1.61. The van der Waals surface area contributed by atoms with Crippen molar-refractivity contribution in [1.82, 2.24) is 9.47 Å². The van der Waals surface area contributed by atoms with Crippen LogP contribution in [0.2, 0.25) is 0 Å². The molecule has 0 radical (unpaired) electrons. The maximum absolute atomic E-state index is 11.2. The molecular weight excluding hydrogens is 248 g/mol. The molecule has 0 N–H and O–H groups in total. The summed E-state index contributed by atoms with van der Waals surface area (Å²) in [5.41, 5.74) is 5.50. The topological polar surface area (TPSA) is 25.2 Å². The Morgan fingerprint density at radius 1 is 1.25 bits per heavy atom. The Kier molecular flexibility index (Phi) is 3.38. The number of aryl methyl sites for hydroxylation is 2. The van der Waals surface area contributed by atoms with Gasteiger partial charge in [0.15, 0.2) is 0 Å². The first-order valence-corrected chi connectivity index (χ1v) is 7.40. The van der Waals surface area contributed by atoms with E-state index in [0.717, 1.165) is 26.1 Å². The Labute approximate surface area is 120 Å². The largest absolute Gasteiger partial charge is 0.350 e. The van der Waals surface area contributed by atoms with Gasteiger partial charge in [-0.25, -0.2) is 0 Å². The second-order valence-electron chi connectivity index (χ2n) is 5.91.